The predicted molar refractivity (Wildman–Crippen MR) is 119 cm³/mol. The van der Waals surface area contributed by atoms with E-state index in [4.69, 9.17) is 6.57 Å². The molecule has 1 aromatic carbocycles. The van der Waals surface area contributed by atoms with E-state index in [2.05, 4.69) is 15.3 Å². The van der Waals surface area contributed by atoms with E-state index in [1.54, 1.807) is 21.5 Å². The number of amides is 3. The molecule has 3 heterocycles. The summed E-state index contributed by atoms with van der Waals surface area (Å²) in [4.78, 5) is 32.6. The third-order valence-electron chi connectivity index (χ3n) is 6.49. The van der Waals surface area contributed by atoms with Gasteiger partial charge in [0.25, 0.3) is 5.91 Å². The van der Waals surface area contributed by atoms with E-state index in [9.17, 15) is 19.1 Å². The maximum absolute atomic E-state index is 13.6. The Balaban J connectivity index is 1.61. The Morgan fingerprint density at radius 3 is 2.88 bits per heavy atom. The van der Waals surface area contributed by atoms with Gasteiger partial charge in [-0.15, -0.1) is 0 Å². The number of carbonyl (C=O) groups is 2. The van der Waals surface area contributed by atoms with Crippen molar-refractivity contribution in [3.63, 3.8) is 0 Å². The lowest BCUT2D eigenvalue weighted by molar-refractivity contribution is 0.0625. The van der Waals surface area contributed by atoms with Gasteiger partial charge < -0.3 is 20.2 Å². The number of carbonyl (C=O) groups excluding carboxylic acids is 2. The first-order valence-electron chi connectivity index (χ1n) is 11.0. The summed E-state index contributed by atoms with van der Waals surface area (Å²) in [5.74, 6) is -0.945. The zero-order valence-corrected chi connectivity index (χ0v) is 18.9. The van der Waals surface area contributed by atoms with Crippen LogP contribution >= 0.6 is 0 Å². The van der Waals surface area contributed by atoms with E-state index in [0.29, 0.717) is 42.9 Å². The zero-order valence-electron chi connectivity index (χ0n) is 18.9. The molecule has 0 spiro atoms. The molecule has 0 saturated heterocycles. The Bertz CT molecular complexity index is 1140. The average molecular weight is 455 g/mol. The smallest absolute Gasteiger partial charge is 0.322 e. The van der Waals surface area contributed by atoms with Crippen LogP contribution in [0.3, 0.4) is 0 Å². The van der Waals surface area contributed by atoms with Gasteiger partial charge in [0, 0.05) is 49.8 Å². The first-order valence-corrected chi connectivity index (χ1v) is 11.0. The summed E-state index contributed by atoms with van der Waals surface area (Å²) < 4.78 is 15.3. The molecule has 3 atom stereocenters. The van der Waals surface area contributed by atoms with Crippen LogP contribution in [0.5, 0.6) is 0 Å². The second kappa shape index (κ2) is 8.83. The quantitative estimate of drug-likeness (QED) is 0.697. The highest BCUT2D eigenvalue weighted by Gasteiger charge is 2.38. The van der Waals surface area contributed by atoms with Crippen LogP contribution in [-0.2, 0) is 19.5 Å². The molecule has 2 aliphatic heterocycles. The van der Waals surface area contributed by atoms with Gasteiger partial charge in [-0.3, -0.25) is 9.48 Å². The van der Waals surface area contributed by atoms with Gasteiger partial charge in [0.15, 0.2) is 0 Å². The third-order valence-corrected chi connectivity index (χ3v) is 6.49. The van der Waals surface area contributed by atoms with E-state index in [1.807, 2.05) is 13.8 Å². The molecule has 2 N–H and O–H groups in total. The van der Waals surface area contributed by atoms with Crippen LogP contribution in [-0.4, -0.2) is 62.4 Å². The SMILES string of the molecule is [C-]#[N+]c1cc(NC(=O)N2Cc3c(nn4c3C(=O)N(C)C[C@H]([C@@H](O)CC)C4)C[C@H]2C)ccc1F. The molecule has 3 amide bonds. The van der Waals surface area contributed by atoms with Gasteiger partial charge in [0.1, 0.15) is 11.5 Å². The molecule has 0 aliphatic carbocycles. The second-order valence-electron chi connectivity index (χ2n) is 8.77. The number of aliphatic hydroxyl groups is 1. The second-order valence-corrected chi connectivity index (χ2v) is 8.77. The van der Waals surface area contributed by atoms with E-state index in [0.717, 1.165) is 11.8 Å². The summed E-state index contributed by atoms with van der Waals surface area (Å²) in [6, 6.07) is 3.27. The minimum Gasteiger partial charge on any atom is -0.393 e. The number of nitrogens with one attached hydrogen (secondary N) is 1. The number of fused-ring (bicyclic) bond motifs is 3. The molecular weight excluding hydrogens is 427 g/mol. The van der Waals surface area contributed by atoms with Crippen LogP contribution in [0.4, 0.5) is 20.6 Å². The fraction of sp³-hybridized carbons (Fsp3) is 0.478. The highest BCUT2D eigenvalue weighted by atomic mass is 19.1. The summed E-state index contributed by atoms with van der Waals surface area (Å²) in [5.41, 5.74) is 2.12. The molecule has 0 fully saturated rings. The first-order chi connectivity index (χ1) is 15.7. The number of aromatic nitrogens is 2. The number of urea groups is 1. The van der Waals surface area contributed by atoms with E-state index >= 15 is 0 Å². The van der Waals surface area contributed by atoms with Crippen LogP contribution in [0.1, 0.15) is 42.0 Å². The minimum absolute atomic E-state index is 0.126. The number of anilines is 1. The molecule has 0 bridgehead atoms. The Hall–Kier alpha value is -3.45. The number of nitrogens with zero attached hydrogens (tertiary/aromatic N) is 5. The first kappa shape index (κ1) is 22.7. The molecule has 4 rings (SSSR count). The van der Waals surface area contributed by atoms with Crippen molar-refractivity contribution in [2.75, 3.05) is 18.9 Å². The number of aliphatic hydroxyl groups excluding tert-OH is 1. The molecular formula is C23H27FN6O3. The fourth-order valence-corrected chi connectivity index (χ4v) is 4.58. The largest absolute Gasteiger partial charge is 0.393 e. The van der Waals surface area contributed by atoms with Gasteiger partial charge in [0.2, 0.25) is 5.69 Å². The lowest BCUT2D eigenvalue weighted by Gasteiger charge is -2.33. The van der Waals surface area contributed by atoms with Gasteiger partial charge in [0.05, 0.1) is 24.9 Å². The van der Waals surface area contributed by atoms with Crippen molar-refractivity contribution < 1.29 is 19.1 Å². The van der Waals surface area contributed by atoms with Crippen molar-refractivity contribution in [2.24, 2.45) is 5.92 Å². The van der Waals surface area contributed by atoms with Crippen molar-refractivity contribution in [3.05, 3.63) is 52.4 Å². The van der Waals surface area contributed by atoms with E-state index in [1.165, 1.54) is 12.1 Å². The highest BCUT2D eigenvalue weighted by molar-refractivity contribution is 5.95. The van der Waals surface area contributed by atoms with Crippen molar-refractivity contribution in [2.45, 2.75) is 51.9 Å². The summed E-state index contributed by atoms with van der Waals surface area (Å²) in [5, 5.41) is 17.8. The van der Waals surface area contributed by atoms with Crippen LogP contribution < -0.4 is 5.32 Å². The van der Waals surface area contributed by atoms with Crippen molar-refractivity contribution in [1.82, 2.24) is 19.6 Å². The van der Waals surface area contributed by atoms with Crippen molar-refractivity contribution >= 4 is 23.3 Å². The number of hydrogen-bond donors (Lipinski definition) is 2. The third kappa shape index (κ3) is 4.16. The van der Waals surface area contributed by atoms with Crippen molar-refractivity contribution in [3.8, 4) is 0 Å². The molecule has 9 nitrogen and oxygen atoms in total. The van der Waals surface area contributed by atoms with E-state index in [-0.39, 0.29) is 30.1 Å². The number of halogens is 1. The van der Waals surface area contributed by atoms with E-state index < -0.39 is 18.0 Å². The summed E-state index contributed by atoms with van der Waals surface area (Å²) in [6.45, 7) is 11.9. The maximum Gasteiger partial charge on any atom is 0.322 e. The minimum atomic E-state index is -0.643. The Kier molecular flexibility index (Phi) is 6.08. The Morgan fingerprint density at radius 1 is 1.42 bits per heavy atom. The molecule has 0 saturated carbocycles. The molecule has 0 radical (unpaired) electrons. The topological polar surface area (TPSA) is 95.1 Å². The Morgan fingerprint density at radius 2 is 2.18 bits per heavy atom. The monoisotopic (exact) mass is 454 g/mol. The highest BCUT2D eigenvalue weighted by Crippen LogP contribution is 2.30. The summed E-state index contributed by atoms with van der Waals surface area (Å²) >= 11 is 0. The molecule has 2 aromatic rings. The predicted octanol–water partition coefficient (Wildman–Crippen LogP) is 3.02. The Labute approximate surface area is 191 Å². The molecule has 2 aliphatic rings. The molecule has 174 valence electrons. The average Bonchev–Trinajstić information content (AvgIpc) is 3.08. The van der Waals surface area contributed by atoms with Gasteiger partial charge >= 0.3 is 6.03 Å². The normalized spacial score (nSPS) is 21.0. The van der Waals surface area contributed by atoms with Crippen LogP contribution in [0.15, 0.2) is 18.2 Å². The van der Waals surface area contributed by atoms with Gasteiger partial charge in [-0.05, 0) is 31.5 Å². The molecule has 0 unspecified atom stereocenters. The van der Waals surface area contributed by atoms with Gasteiger partial charge in [-0.1, -0.05) is 6.92 Å². The molecule has 1 aromatic heterocycles. The number of hydrogen-bond acceptors (Lipinski definition) is 4. The van der Waals surface area contributed by atoms with Crippen LogP contribution in [0.2, 0.25) is 0 Å². The standard InChI is InChI=1S/C23H27FN6O3/c1-5-20(31)14-10-28(4)22(32)21-16-12-29(13(2)8-18(16)27-30(21)11-14)23(33)26-15-6-7-17(24)19(9-15)25-3/h6-7,9,13-14,20,31H,5,8,10-12H2,1-2,4H3,(H,26,33)/t13-,14+,20+/m1/s1. The molecule has 10 heteroatoms. The summed E-state index contributed by atoms with van der Waals surface area (Å²) in [7, 11) is 1.71. The lowest BCUT2D eigenvalue weighted by atomic mass is 9.99. The van der Waals surface area contributed by atoms with Gasteiger partial charge in [-0.2, -0.15) is 5.10 Å². The van der Waals surface area contributed by atoms with Crippen LogP contribution in [0, 0.1) is 18.3 Å². The van der Waals surface area contributed by atoms with Crippen molar-refractivity contribution in [1.29, 1.82) is 0 Å². The fourth-order valence-electron chi connectivity index (χ4n) is 4.58. The number of benzene rings is 1. The van der Waals surface area contributed by atoms with Crippen LogP contribution in [0.25, 0.3) is 4.85 Å². The lowest BCUT2D eigenvalue weighted by Crippen LogP contribution is -2.45. The summed E-state index contributed by atoms with van der Waals surface area (Å²) in [6.07, 6.45) is 0.536. The zero-order chi connectivity index (χ0) is 23.9. The van der Waals surface area contributed by atoms with Gasteiger partial charge in [-0.25, -0.2) is 14.0 Å². The molecule has 33 heavy (non-hydrogen) atoms. The number of rotatable bonds is 3. The maximum atomic E-state index is 13.6.